The molecule has 1 N–H and O–H groups in total. The van der Waals surface area contributed by atoms with Gasteiger partial charge in [-0.25, -0.2) is 4.79 Å². The quantitative estimate of drug-likeness (QED) is 0.818. The van der Waals surface area contributed by atoms with Gasteiger partial charge in [-0.05, 0) is 36.8 Å². The molecule has 3 rings (SSSR count). The molecule has 1 saturated heterocycles. The maximum atomic E-state index is 12.9. The van der Waals surface area contributed by atoms with Crippen LogP contribution in [-0.4, -0.2) is 23.9 Å². The van der Waals surface area contributed by atoms with Crippen molar-refractivity contribution >= 4 is 35.1 Å². The second-order valence-electron chi connectivity index (χ2n) is 5.88. The molecule has 25 heavy (non-hydrogen) atoms. The summed E-state index contributed by atoms with van der Waals surface area (Å²) in [7, 11) is 1.56. The Bertz CT molecular complexity index is 818. The van der Waals surface area contributed by atoms with Crippen LogP contribution in [0.5, 0.6) is 5.75 Å². The Hall–Kier alpha value is -2.24. The molecule has 2 aromatic rings. The van der Waals surface area contributed by atoms with Crippen LogP contribution in [0.15, 0.2) is 42.5 Å². The third-order valence-corrected chi connectivity index (χ3v) is 5.03. The minimum Gasteiger partial charge on any atom is -0.497 e. The first kappa shape index (κ1) is 17.6. The van der Waals surface area contributed by atoms with Gasteiger partial charge in [-0.1, -0.05) is 41.4 Å². The van der Waals surface area contributed by atoms with Gasteiger partial charge in [0.15, 0.2) is 0 Å². The van der Waals surface area contributed by atoms with Crippen molar-refractivity contribution in [1.82, 2.24) is 10.2 Å². The van der Waals surface area contributed by atoms with Gasteiger partial charge < -0.3 is 10.1 Å². The van der Waals surface area contributed by atoms with Crippen molar-refractivity contribution in [3.8, 4) is 5.75 Å². The molecule has 0 unspecified atom stereocenters. The van der Waals surface area contributed by atoms with Crippen molar-refractivity contribution in [3.05, 3.63) is 63.6 Å². The van der Waals surface area contributed by atoms with E-state index in [9.17, 15) is 9.59 Å². The zero-order chi connectivity index (χ0) is 18.2. The van der Waals surface area contributed by atoms with E-state index in [0.29, 0.717) is 26.9 Å². The molecule has 1 heterocycles. The smallest absolute Gasteiger partial charge is 0.325 e. The van der Waals surface area contributed by atoms with E-state index >= 15 is 0 Å². The number of imide groups is 1. The van der Waals surface area contributed by atoms with Crippen LogP contribution in [0.1, 0.15) is 18.1 Å². The lowest BCUT2D eigenvalue weighted by atomic mass is 9.92. The molecule has 2 aromatic carbocycles. The summed E-state index contributed by atoms with van der Waals surface area (Å²) in [6.45, 7) is 1.68. The fourth-order valence-electron chi connectivity index (χ4n) is 2.80. The number of carbonyl (C=O) groups is 2. The minimum atomic E-state index is -1.16. The number of rotatable bonds is 4. The number of halogens is 2. The summed E-state index contributed by atoms with van der Waals surface area (Å²) in [5.41, 5.74) is 0.0459. The summed E-state index contributed by atoms with van der Waals surface area (Å²) in [5, 5.41) is 3.57. The van der Waals surface area contributed by atoms with E-state index in [1.54, 1.807) is 56.5 Å². The van der Waals surface area contributed by atoms with Crippen LogP contribution in [0.25, 0.3) is 0 Å². The molecule has 1 atom stereocenters. The second kappa shape index (κ2) is 6.58. The van der Waals surface area contributed by atoms with Gasteiger partial charge >= 0.3 is 6.03 Å². The molecule has 0 bridgehead atoms. The highest BCUT2D eigenvalue weighted by Crippen LogP contribution is 2.33. The molecule has 7 heteroatoms. The molecule has 0 aliphatic carbocycles. The molecule has 1 aliphatic rings. The number of ether oxygens (including phenoxy) is 1. The Kier molecular flexibility index (Phi) is 4.62. The van der Waals surface area contributed by atoms with Crippen molar-refractivity contribution in [2.75, 3.05) is 7.11 Å². The summed E-state index contributed by atoms with van der Waals surface area (Å²) in [4.78, 5) is 26.5. The number of amides is 3. The molecule has 1 aliphatic heterocycles. The summed E-state index contributed by atoms with van der Waals surface area (Å²) >= 11 is 12.3. The molecule has 130 valence electrons. The van der Waals surface area contributed by atoms with Gasteiger partial charge in [-0.2, -0.15) is 0 Å². The highest BCUT2D eigenvalue weighted by molar-refractivity contribution is 6.36. The molecule has 0 spiro atoms. The monoisotopic (exact) mass is 378 g/mol. The Morgan fingerprint density at radius 1 is 1.08 bits per heavy atom. The predicted molar refractivity (Wildman–Crippen MR) is 95.9 cm³/mol. The van der Waals surface area contributed by atoms with E-state index in [2.05, 4.69) is 5.32 Å². The largest absolute Gasteiger partial charge is 0.497 e. The van der Waals surface area contributed by atoms with Crippen LogP contribution in [-0.2, 0) is 16.9 Å². The van der Waals surface area contributed by atoms with E-state index in [1.807, 2.05) is 0 Å². The molecular weight excluding hydrogens is 363 g/mol. The topological polar surface area (TPSA) is 58.6 Å². The van der Waals surface area contributed by atoms with Gasteiger partial charge in [0.25, 0.3) is 5.91 Å². The zero-order valence-electron chi connectivity index (χ0n) is 13.7. The van der Waals surface area contributed by atoms with E-state index in [-0.39, 0.29) is 12.5 Å². The molecule has 1 fully saturated rings. The third-order valence-electron chi connectivity index (χ3n) is 4.32. The van der Waals surface area contributed by atoms with E-state index in [0.717, 1.165) is 4.90 Å². The number of carbonyl (C=O) groups excluding carboxylic acids is 2. The van der Waals surface area contributed by atoms with Crippen LogP contribution in [0.2, 0.25) is 10.0 Å². The minimum absolute atomic E-state index is 0.00885. The first-order valence-electron chi connectivity index (χ1n) is 7.58. The fourth-order valence-corrected chi connectivity index (χ4v) is 3.32. The highest BCUT2D eigenvalue weighted by Gasteiger charge is 2.49. The average Bonchev–Trinajstić information content (AvgIpc) is 2.82. The molecule has 5 nitrogen and oxygen atoms in total. The Balaban J connectivity index is 1.91. The standard InChI is InChI=1S/C18H16Cl2N2O3/c1-18(11-6-8-12(25-2)9-7-11)16(23)22(17(24)21-18)10-13-14(19)4-3-5-15(13)20/h3-9H,10H2,1-2H3,(H,21,24)/t18-/m0/s1. The lowest BCUT2D eigenvalue weighted by Crippen LogP contribution is -2.40. The number of nitrogens with zero attached hydrogens (tertiary/aromatic N) is 1. The maximum Gasteiger partial charge on any atom is 0.325 e. The van der Waals surface area contributed by atoms with E-state index in [4.69, 9.17) is 27.9 Å². The number of benzene rings is 2. The molecule has 0 saturated carbocycles. The van der Waals surface area contributed by atoms with Crippen molar-refractivity contribution in [3.63, 3.8) is 0 Å². The number of hydrogen-bond donors (Lipinski definition) is 1. The summed E-state index contributed by atoms with van der Waals surface area (Å²) in [5.74, 6) is 0.308. The van der Waals surface area contributed by atoms with Gasteiger partial charge in [0.2, 0.25) is 0 Å². The van der Waals surface area contributed by atoms with Crippen molar-refractivity contribution in [2.24, 2.45) is 0 Å². The number of hydrogen-bond acceptors (Lipinski definition) is 3. The molecule has 3 amide bonds. The SMILES string of the molecule is COc1ccc([C@]2(C)NC(=O)N(Cc3c(Cl)cccc3Cl)C2=O)cc1. The molecule has 0 aromatic heterocycles. The van der Waals surface area contributed by atoms with Crippen LogP contribution < -0.4 is 10.1 Å². The Morgan fingerprint density at radius 2 is 1.68 bits per heavy atom. The lowest BCUT2D eigenvalue weighted by Gasteiger charge is -2.22. The van der Waals surface area contributed by atoms with Gasteiger partial charge in [0, 0.05) is 15.6 Å². The zero-order valence-corrected chi connectivity index (χ0v) is 15.2. The van der Waals surface area contributed by atoms with Crippen molar-refractivity contribution < 1.29 is 14.3 Å². The summed E-state index contributed by atoms with van der Waals surface area (Å²) in [6, 6.07) is 11.6. The van der Waals surface area contributed by atoms with Crippen molar-refractivity contribution in [1.29, 1.82) is 0 Å². The van der Waals surface area contributed by atoms with Crippen LogP contribution in [0.4, 0.5) is 4.79 Å². The average molecular weight is 379 g/mol. The van der Waals surface area contributed by atoms with Gasteiger partial charge in [0.05, 0.1) is 13.7 Å². The Morgan fingerprint density at radius 3 is 2.24 bits per heavy atom. The van der Waals surface area contributed by atoms with Crippen LogP contribution in [0.3, 0.4) is 0 Å². The van der Waals surface area contributed by atoms with E-state index < -0.39 is 11.6 Å². The first-order valence-corrected chi connectivity index (χ1v) is 8.34. The van der Waals surface area contributed by atoms with Crippen molar-refractivity contribution in [2.45, 2.75) is 19.0 Å². The van der Waals surface area contributed by atoms with E-state index in [1.165, 1.54) is 0 Å². The summed E-state index contributed by atoms with van der Waals surface area (Å²) < 4.78 is 5.13. The van der Waals surface area contributed by atoms with Crippen LogP contribution in [0, 0.1) is 0 Å². The molecule has 0 radical (unpaired) electrons. The third kappa shape index (κ3) is 3.05. The number of methoxy groups -OCH3 is 1. The normalized spacial score (nSPS) is 19.9. The highest BCUT2D eigenvalue weighted by atomic mass is 35.5. The number of nitrogens with one attached hydrogen (secondary N) is 1. The Labute approximate surface area is 155 Å². The lowest BCUT2D eigenvalue weighted by molar-refractivity contribution is -0.131. The maximum absolute atomic E-state index is 12.9. The first-order chi connectivity index (χ1) is 11.9. The van der Waals surface area contributed by atoms with Crippen LogP contribution >= 0.6 is 23.2 Å². The predicted octanol–water partition coefficient (Wildman–Crippen LogP) is 3.97. The van der Waals surface area contributed by atoms with Gasteiger partial charge in [-0.15, -0.1) is 0 Å². The second-order valence-corrected chi connectivity index (χ2v) is 6.69. The number of urea groups is 1. The van der Waals surface area contributed by atoms with Gasteiger partial charge in [0.1, 0.15) is 11.3 Å². The fraction of sp³-hybridized carbons (Fsp3) is 0.222. The summed E-state index contributed by atoms with van der Waals surface area (Å²) in [6.07, 6.45) is 0. The molecular formula is C18H16Cl2N2O3. The van der Waals surface area contributed by atoms with Gasteiger partial charge in [-0.3, -0.25) is 9.69 Å².